The van der Waals surface area contributed by atoms with Crippen molar-refractivity contribution in [3.8, 4) is 5.75 Å². The van der Waals surface area contributed by atoms with Gasteiger partial charge in [0.2, 0.25) is 11.8 Å². The molecular formula is C18H20N2O3. The van der Waals surface area contributed by atoms with Gasteiger partial charge in [-0.3, -0.25) is 9.59 Å². The van der Waals surface area contributed by atoms with Gasteiger partial charge in [-0.1, -0.05) is 30.3 Å². The zero-order valence-electron chi connectivity index (χ0n) is 13.2. The fourth-order valence-electron chi connectivity index (χ4n) is 2.25. The average Bonchev–Trinajstić information content (AvgIpc) is 2.55. The van der Waals surface area contributed by atoms with Crippen molar-refractivity contribution >= 4 is 17.5 Å². The Hall–Kier alpha value is -2.82. The summed E-state index contributed by atoms with van der Waals surface area (Å²) in [7, 11) is 1.59. The fourth-order valence-corrected chi connectivity index (χ4v) is 2.25. The summed E-state index contributed by atoms with van der Waals surface area (Å²) in [5, 5.41) is 5.63. The van der Waals surface area contributed by atoms with Gasteiger partial charge in [-0.2, -0.15) is 0 Å². The van der Waals surface area contributed by atoms with Crippen LogP contribution >= 0.6 is 0 Å². The monoisotopic (exact) mass is 312 g/mol. The summed E-state index contributed by atoms with van der Waals surface area (Å²) in [6, 6.07) is 16.1. The smallest absolute Gasteiger partial charge is 0.226 e. The van der Waals surface area contributed by atoms with E-state index >= 15 is 0 Å². The standard InChI is InChI=1S/C18H20N2O3/c1-13(21)19-17(14-8-10-16(23-2)11-9-14)12-18(22)20-15-6-4-3-5-7-15/h3-11,17H,12H2,1-2H3,(H,19,21)(H,20,22)/t17-/m1/s1. The predicted octanol–water partition coefficient (Wildman–Crippen LogP) is 2.90. The molecule has 0 heterocycles. The Kier molecular flexibility index (Phi) is 5.74. The lowest BCUT2D eigenvalue weighted by molar-refractivity contribution is -0.120. The van der Waals surface area contributed by atoms with Crippen molar-refractivity contribution in [3.05, 3.63) is 60.2 Å². The van der Waals surface area contributed by atoms with Gasteiger partial charge in [0.25, 0.3) is 0 Å². The second kappa shape index (κ2) is 7.98. The molecule has 23 heavy (non-hydrogen) atoms. The number of benzene rings is 2. The highest BCUT2D eigenvalue weighted by atomic mass is 16.5. The Labute approximate surface area is 135 Å². The number of hydrogen-bond acceptors (Lipinski definition) is 3. The molecular weight excluding hydrogens is 292 g/mol. The van der Waals surface area contributed by atoms with Crippen LogP contribution in [0.2, 0.25) is 0 Å². The third kappa shape index (κ3) is 5.14. The Bertz CT molecular complexity index is 654. The highest BCUT2D eigenvalue weighted by molar-refractivity contribution is 5.91. The maximum Gasteiger partial charge on any atom is 0.226 e. The van der Waals surface area contributed by atoms with Crippen molar-refractivity contribution in [2.75, 3.05) is 12.4 Å². The van der Waals surface area contributed by atoms with E-state index in [1.807, 2.05) is 42.5 Å². The lowest BCUT2D eigenvalue weighted by atomic mass is 10.0. The van der Waals surface area contributed by atoms with E-state index in [4.69, 9.17) is 4.74 Å². The number of rotatable bonds is 6. The van der Waals surface area contributed by atoms with Crippen LogP contribution < -0.4 is 15.4 Å². The molecule has 2 rings (SSSR count). The summed E-state index contributed by atoms with van der Waals surface area (Å²) in [5.74, 6) is 0.383. The molecule has 0 unspecified atom stereocenters. The van der Waals surface area contributed by atoms with E-state index in [2.05, 4.69) is 10.6 Å². The molecule has 0 aliphatic heterocycles. The Morgan fingerprint density at radius 2 is 1.70 bits per heavy atom. The van der Waals surface area contributed by atoms with Crippen molar-refractivity contribution < 1.29 is 14.3 Å². The zero-order valence-corrected chi connectivity index (χ0v) is 13.2. The first-order chi connectivity index (χ1) is 11.1. The summed E-state index contributed by atoms with van der Waals surface area (Å²) < 4.78 is 5.12. The third-order valence-electron chi connectivity index (χ3n) is 3.34. The van der Waals surface area contributed by atoms with E-state index in [9.17, 15) is 9.59 Å². The number of carbonyl (C=O) groups is 2. The van der Waals surface area contributed by atoms with Crippen molar-refractivity contribution in [1.82, 2.24) is 5.32 Å². The number of amides is 2. The van der Waals surface area contributed by atoms with Gasteiger partial charge in [0.15, 0.2) is 0 Å². The Balaban J connectivity index is 2.08. The van der Waals surface area contributed by atoms with Crippen LogP contribution in [-0.4, -0.2) is 18.9 Å². The molecule has 2 N–H and O–H groups in total. The molecule has 0 aromatic heterocycles. The van der Waals surface area contributed by atoms with Gasteiger partial charge in [-0.15, -0.1) is 0 Å². The molecule has 0 radical (unpaired) electrons. The largest absolute Gasteiger partial charge is 0.497 e. The maximum absolute atomic E-state index is 12.2. The van der Waals surface area contributed by atoms with Crippen LogP contribution in [0.25, 0.3) is 0 Å². The number of methoxy groups -OCH3 is 1. The topological polar surface area (TPSA) is 67.4 Å². The molecule has 2 amide bonds. The fraction of sp³-hybridized carbons (Fsp3) is 0.222. The Morgan fingerprint density at radius 1 is 1.04 bits per heavy atom. The maximum atomic E-state index is 12.2. The summed E-state index contributed by atoms with van der Waals surface area (Å²) in [4.78, 5) is 23.6. The van der Waals surface area contributed by atoms with Gasteiger partial charge in [-0.05, 0) is 29.8 Å². The molecule has 2 aromatic carbocycles. The van der Waals surface area contributed by atoms with Crippen LogP contribution in [0.5, 0.6) is 5.75 Å². The minimum absolute atomic E-state index is 0.154. The molecule has 0 aliphatic rings. The van der Waals surface area contributed by atoms with Gasteiger partial charge < -0.3 is 15.4 Å². The number of hydrogen-bond donors (Lipinski definition) is 2. The van der Waals surface area contributed by atoms with E-state index in [1.165, 1.54) is 6.92 Å². The van der Waals surface area contributed by atoms with Gasteiger partial charge >= 0.3 is 0 Å². The SMILES string of the molecule is COc1ccc([C@@H](CC(=O)Nc2ccccc2)NC(C)=O)cc1. The molecule has 120 valence electrons. The molecule has 2 aromatic rings. The minimum atomic E-state index is -0.387. The van der Waals surface area contributed by atoms with Crippen LogP contribution in [0.3, 0.4) is 0 Å². The number of carbonyl (C=O) groups excluding carboxylic acids is 2. The molecule has 0 spiro atoms. The minimum Gasteiger partial charge on any atom is -0.497 e. The highest BCUT2D eigenvalue weighted by Gasteiger charge is 2.17. The third-order valence-corrected chi connectivity index (χ3v) is 3.34. The van der Waals surface area contributed by atoms with E-state index in [1.54, 1.807) is 19.2 Å². The molecule has 0 bridgehead atoms. The lowest BCUT2D eigenvalue weighted by Crippen LogP contribution is -2.29. The quantitative estimate of drug-likeness (QED) is 0.862. The van der Waals surface area contributed by atoms with E-state index in [-0.39, 0.29) is 24.3 Å². The van der Waals surface area contributed by atoms with Gasteiger partial charge in [0, 0.05) is 12.6 Å². The molecule has 1 atom stereocenters. The number of anilines is 1. The van der Waals surface area contributed by atoms with Crippen LogP contribution in [0.1, 0.15) is 24.9 Å². The van der Waals surface area contributed by atoms with Crippen molar-refractivity contribution in [1.29, 1.82) is 0 Å². The van der Waals surface area contributed by atoms with Gasteiger partial charge in [0.1, 0.15) is 5.75 Å². The normalized spacial score (nSPS) is 11.4. The molecule has 0 saturated heterocycles. The van der Waals surface area contributed by atoms with E-state index < -0.39 is 0 Å². The summed E-state index contributed by atoms with van der Waals surface area (Å²) >= 11 is 0. The molecule has 0 saturated carbocycles. The van der Waals surface area contributed by atoms with Crippen LogP contribution in [0.15, 0.2) is 54.6 Å². The summed E-state index contributed by atoms with van der Waals surface area (Å²) in [5.41, 5.74) is 1.58. The molecule has 0 fully saturated rings. The average molecular weight is 312 g/mol. The van der Waals surface area contributed by atoms with Crippen LogP contribution in [-0.2, 0) is 9.59 Å². The summed E-state index contributed by atoms with van der Waals surface area (Å²) in [6.07, 6.45) is 0.154. The van der Waals surface area contributed by atoms with E-state index in [0.29, 0.717) is 0 Å². The van der Waals surface area contributed by atoms with Gasteiger partial charge in [0.05, 0.1) is 19.6 Å². The lowest BCUT2D eigenvalue weighted by Gasteiger charge is -2.18. The molecule has 0 aliphatic carbocycles. The van der Waals surface area contributed by atoms with Crippen molar-refractivity contribution in [2.45, 2.75) is 19.4 Å². The number of ether oxygens (including phenoxy) is 1. The van der Waals surface area contributed by atoms with Crippen LogP contribution in [0, 0.1) is 0 Å². The molecule has 5 heteroatoms. The Morgan fingerprint density at radius 3 is 2.26 bits per heavy atom. The van der Waals surface area contributed by atoms with Crippen LogP contribution in [0.4, 0.5) is 5.69 Å². The zero-order chi connectivity index (χ0) is 16.7. The van der Waals surface area contributed by atoms with Gasteiger partial charge in [-0.25, -0.2) is 0 Å². The second-order valence-corrected chi connectivity index (χ2v) is 5.14. The number of para-hydroxylation sites is 1. The van der Waals surface area contributed by atoms with Crippen molar-refractivity contribution in [2.24, 2.45) is 0 Å². The predicted molar refractivity (Wildman–Crippen MR) is 89.2 cm³/mol. The van der Waals surface area contributed by atoms with Crippen molar-refractivity contribution in [3.63, 3.8) is 0 Å². The first-order valence-corrected chi connectivity index (χ1v) is 7.34. The number of nitrogens with one attached hydrogen (secondary N) is 2. The second-order valence-electron chi connectivity index (χ2n) is 5.14. The highest BCUT2D eigenvalue weighted by Crippen LogP contribution is 2.21. The first-order valence-electron chi connectivity index (χ1n) is 7.34. The van der Waals surface area contributed by atoms with E-state index in [0.717, 1.165) is 17.0 Å². The first kappa shape index (κ1) is 16.5. The molecule has 5 nitrogen and oxygen atoms in total. The summed E-state index contributed by atoms with van der Waals surface area (Å²) in [6.45, 7) is 1.44.